The molecule has 0 saturated heterocycles. The Kier molecular flexibility index (Phi) is 6.19. The summed E-state index contributed by atoms with van der Waals surface area (Å²) in [6.45, 7) is 4.32. The van der Waals surface area contributed by atoms with Crippen molar-refractivity contribution in [1.29, 1.82) is 0 Å². The fraction of sp³-hybridized carbons (Fsp3) is 0.235. The standard InChI is InChI=1S/C17H18Cl2N6O2S/c1-11-12(2)25(10-23-11)17-8-16(21-9-22-17)20-5-6-24-28(26,27)15-7-13(18)3-4-14(15)19/h3-4,7-10,24H,5-6H2,1-2H3,(H,20,21,22). The van der Waals surface area contributed by atoms with Crippen molar-refractivity contribution >= 4 is 39.0 Å². The molecular weight excluding hydrogens is 423 g/mol. The van der Waals surface area contributed by atoms with Gasteiger partial charge in [0.25, 0.3) is 0 Å². The quantitative estimate of drug-likeness (QED) is 0.547. The Bertz CT molecular complexity index is 1100. The van der Waals surface area contributed by atoms with E-state index in [9.17, 15) is 8.42 Å². The third-order valence-corrected chi connectivity index (χ3v) is 6.23. The summed E-state index contributed by atoms with van der Waals surface area (Å²) >= 11 is 11.8. The Morgan fingerprint density at radius 2 is 1.86 bits per heavy atom. The summed E-state index contributed by atoms with van der Waals surface area (Å²) < 4.78 is 29.1. The highest BCUT2D eigenvalue weighted by Crippen LogP contribution is 2.24. The van der Waals surface area contributed by atoms with Gasteiger partial charge in [-0.25, -0.2) is 28.1 Å². The van der Waals surface area contributed by atoms with Gasteiger partial charge >= 0.3 is 0 Å². The normalized spacial score (nSPS) is 11.6. The van der Waals surface area contributed by atoms with Crippen LogP contribution in [0.1, 0.15) is 11.4 Å². The maximum absolute atomic E-state index is 12.4. The zero-order valence-corrected chi connectivity index (χ0v) is 17.5. The molecule has 0 amide bonds. The van der Waals surface area contributed by atoms with Crippen LogP contribution in [0.25, 0.3) is 5.82 Å². The molecule has 28 heavy (non-hydrogen) atoms. The number of benzene rings is 1. The van der Waals surface area contributed by atoms with E-state index in [1.807, 2.05) is 18.4 Å². The SMILES string of the molecule is Cc1ncn(-c2cc(NCCNS(=O)(=O)c3cc(Cl)ccc3Cl)ncn2)c1C. The van der Waals surface area contributed by atoms with E-state index >= 15 is 0 Å². The molecule has 0 radical (unpaired) electrons. The molecule has 3 rings (SSSR count). The van der Waals surface area contributed by atoms with Crippen LogP contribution in [-0.4, -0.2) is 41.0 Å². The van der Waals surface area contributed by atoms with Gasteiger partial charge in [0.15, 0.2) is 0 Å². The minimum absolute atomic E-state index is 0.0584. The van der Waals surface area contributed by atoms with Crippen LogP contribution >= 0.6 is 23.2 Å². The van der Waals surface area contributed by atoms with E-state index in [-0.39, 0.29) is 16.5 Å². The fourth-order valence-corrected chi connectivity index (χ4v) is 4.23. The van der Waals surface area contributed by atoms with Gasteiger partial charge in [-0.1, -0.05) is 23.2 Å². The first-order valence-corrected chi connectivity index (χ1v) is 10.5. The first-order valence-electron chi connectivity index (χ1n) is 8.29. The Balaban J connectivity index is 1.62. The number of aryl methyl sites for hydroxylation is 1. The lowest BCUT2D eigenvalue weighted by molar-refractivity contribution is 0.583. The smallest absolute Gasteiger partial charge is 0.242 e. The van der Waals surface area contributed by atoms with Gasteiger partial charge in [-0.3, -0.25) is 4.57 Å². The third-order valence-electron chi connectivity index (χ3n) is 4.06. The number of imidazole rings is 1. The summed E-state index contributed by atoms with van der Waals surface area (Å²) in [7, 11) is -3.77. The Morgan fingerprint density at radius 1 is 1.07 bits per heavy atom. The number of hydrogen-bond donors (Lipinski definition) is 2. The third kappa shape index (κ3) is 4.61. The average Bonchev–Trinajstić information content (AvgIpc) is 3.00. The Labute approximate surface area is 173 Å². The van der Waals surface area contributed by atoms with E-state index in [4.69, 9.17) is 23.2 Å². The number of aromatic nitrogens is 4. The van der Waals surface area contributed by atoms with E-state index < -0.39 is 10.0 Å². The molecule has 2 heterocycles. The minimum atomic E-state index is -3.77. The Hall–Kier alpha value is -2.20. The molecule has 148 valence electrons. The number of rotatable bonds is 7. The van der Waals surface area contributed by atoms with E-state index in [1.165, 1.54) is 24.5 Å². The van der Waals surface area contributed by atoms with Crippen molar-refractivity contribution in [3.63, 3.8) is 0 Å². The summed E-state index contributed by atoms with van der Waals surface area (Å²) in [5.41, 5.74) is 1.90. The molecule has 3 aromatic rings. The van der Waals surface area contributed by atoms with Gasteiger partial charge in [-0.2, -0.15) is 0 Å². The molecule has 0 fully saturated rings. The first-order chi connectivity index (χ1) is 13.3. The molecule has 2 N–H and O–H groups in total. The van der Waals surface area contributed by atoms with Gasteiger partial charge in [0.1, 0.15) is 29.2 Å². The predicted octanol–water partition coefficient (Wildman–Crippen LogP) is 2.98. The van der Waals surface area contributed by atoms with Crippen LogP contribution < -0.4 is 10.0 Å². The molecule has 0 saturated carbocycles. The van der Waals surface area contributed by atoms with E-state index in [2.05, 4.69) is 25.0 Å². The average molecular weight is 441 g/mol. The van der Waals surface area contributed by atoms with E-state index in [0.29, 0.717) is 23.2 Å². The molecule has 0 bridgehead atoms. The van der Waals surface area contributed by atoms with E-state index in [0.717, 1.165) is 11.4 Å². The molecule has 0 aliphatic carbocycles. The second-order valence-corrected chi connectivity index (χ2v) is 8.53. The highest BCUT2D eigenvalue weighted by molar-refractivity contribution is 7.89. The first kappa shape index (κ1) is 20.5. The highest BCUT2D eigenvalue weighted by atomic mass is 35.5. The topological polar surface area (TPSA) is 102 Å². The molecule has 8 nitrogen and oxygen atoms in total. The fourth-order valence-electron chi connectivity index (χ4n) is 2.44. The molecule has 11 heteroatoms. The molecule has 0 aliphatic rings. The van der Waals surface area contributed by atoms with Crippen LogP contribution in [-0.2, 0) is 10.0 Å². The summed E-state index contributed by atoms with van der Waals surface area (Å²) in [6.07, 6.45) is 3.13. The van der Waals surface area contributed by atoms with E-state index in [1.54, 1.807) is 12.4 Å². The lowest BCUT2D eigenvalue weighted by Crippen LogP contribution is -2.29. The molecular formula is C17H18Cl2N6O2S. The lowest BCUT2D eigenvalue weighted by atomic mass is 10.4. The second kappa shape index (κ2) is 8.44. The van der Waals surface area contributed by atoms with Crippen molar-refractivity contribution in [2.24, 2.45) is 0 Å². The number of halogens is 2. The summed E-state index contributed by atoms with van der Waals surface area (Å²) in [4.78, 5) is 12.6. The van der Waals surface area contributed by atoms with Gasteiger partial charge in [-0.15, -0.1) is 0 Å². The van der Waals surface area contributed by atoms with Crippen molar-refractivity contribution < 1.29 is 8.42 Å². The number of anilines is 1. The number of sulfonamides is 1. The number of nitrogens with zero attached hydrogens (tertiary/aromatic N) is 4. The van der Waals surface area contributed by atoms with Crippen molar-refractivity contribution in [1.82, 2.24) is 24.2 Å². The zero-order chi connectivity index (χ0) is 20.3. The predicted molar refractivity (Wildman–Crippen MR) is 109 cm³/mol. The molecule has 0 atom stereocenters. The largest absolute Gasteiger partial charge is 0.369 e. The number of hydrogen-bond acceptors (Lipinski definition) is 6. The van der Waals surface area contributed by atoms with Gasteiger partial charge in [-0.05, 0) is 32.0 Å². The van der Waals surface area contributed by atoms with Crippen LogP contribution in [0, 0.1) is 13.8 Å². The van der Waals surface area contributed by atoms with Crippen LogP contribution in [0.3, 0.4) is 0 Å². The van der Waals surface area contributed by atoms with Crippen LogP contribution in [0.4, 0.5) is 5.82 Å². The molecule has 0 spiro atoms. The summed E-state index contributed by atoms with van der Waals surface area (Å²) in [6, 6.07) is 6.04. The Morgan fingerprint density at radius 3 is 2.57 bits per heavy atom. The highest BCUT2D eigenvalue weighted by Gasteiger charge is 2.17. The zero-order valence-electron chi connectivity index (χ0n) is 15.1. The van der Waals surface area contributed by atoms with Gasteiger partial charge < -0.3 is 5.32 Å². The minimum Gasteiger partial charge on any atom is -0.369 e. The van der Waals surface area contributed by atoms with Gasteiger partial charge in [0.2, 0.25) is 10.0 Å². The van der Waals surface area contributed by atoms with Crippen LogP contribution in [0.5, 0.6) is 0 Å². The van der Waals surface area contributed by atoms with Gasteiger partial charge in [0.05, 0.1) is 10.7 Å². The molecule has 0 unspecified atom stereocenters. The second-order valence-electron chi connectivity index (χ2n) is 5.95. The lowest BCUT2D eigenvalue weighted by Gasteiger charge is -2.11. The van der Waals surface area contributed by atoms with Crippen LogP contribution in [0.2, 0.25) is 10.0 Å². The van der Waals surface area contributed by atoms with Crippen molar-refractivity contribution in [2.75, 3.05) is 18.4 Å². The van der Waals surface area contributed by atoms with Crippen molar-refractivity contribution in [3.8, 4) is 5.82 Å². The van der Waals surface area contributed by atoms with Crippen molar-refractivity contribution in [3.05, 3.63) is 58.4 Å². The summed E-state index contributed by atoms with van der Waals surface area (Å²) in [5, 5.41) is 3.46. The number of nitrogens with one attached hydrogen (secondary N) is 2. The molecule has 2 aromatic heterocycles. The molecule has 1 aromatic carbocycles. The maximum Gasteiger partial charge on any atom is 0.242 e. The maximum atomic E-state index is 12.4. The monoisotopic (exact) mass is 440 g/mol. The summed E-state index contributed by atoms with van der Waals surface area (Å²) in [5.74, 6) is 1.23. The molecule has 0 aliphatic heterocycles. The van der Waals surface area contributed by atoms with Crippen molar-refractivity contribution in [2.45, 2.75) is 18.7 Å². The van der Waals surface area contributed by atoms with Gasteiger partial charge in [0, 0.05) is 29.9 Å². The van der Waals surface area contributed by atoms with Crippen LogP contribution in [0.15, 0.2) is 41.8 Å².